The minimum absolute atomic E-state index is 0.909. The molecule has 0 radical (unpaired) electrons. The molecule has 0 aromatic heterocycles. The standard InChI is InChI=1S/C7H13N5/c1-12-7(9-10-11-12)6-3-2-4-8-5-6/h3,8,10-11H,2,4-5H2,1H3. The van der Waals surface area contributed by atoms with Crippen LogP contribution in [0.4, 0.5) is 0 Å². The summed E-state index contributed by atoms with van der Waals surface area (Å²) in [6.45, 7) is 1.98. The predicted molar refractivity (Wildman–Crippen MR) is 47.0 cm³/mol. The van der Waals surface area contributed by atoms with Gasteiger partial charge in [0.15, 0.2) is 5.84 Å². The summed E-state index contributed by atoms with van der Waals surface area (Å²) in [5.41, 5.74) is 6.84. The minimum atomic E-state index is 0.909. The van der Waals surface area contributed by atoms with Crippen molar-refractivity contribution in [1.29, 1.82) is 0 Å². The molecule has 2 aliphatic heterocycles. The maximum Gasteiger partial charge on any atom is 0.169 e. The van der Waals surface area contributed by atoms with Gasteiger partial charge in [0.25, 0.3) is 0 Å². The molecule has 0 aliphatic carbocycles. The first kappa shape index (κ1) is 7.57. The van der Waals surface area contributed by atoms with Gasteiger partial charge in [-0.25, -0.2) is 5.53 Å². The van der Waals surface area contributed by atoms with Crippen molar-refractivity contribution in [3.05, 3.63) is 11.6 Å². The van der Waals surface area contributed by atoms with Crippen molar-refractivity contribution in [2.45, 2.75) is 6.42 Å². The van der Waals surface area contributed by atoms with Gasteiger partial charge < -0.3 is 5.32 Å². The fourth-order valence-electron chi connectivity index (χ4n) is 1.38. The average Bonchev–Trinajstić information content (AvgIpc) is 2.53. The van der Waals surface area contributed by atoms with Crippen LogP contribution in [0.1, 0.15) is 6.42 Å². The van der Waals surface area contributed by atoms with Crippen LogP contribution in [-0.4, -0.2) is 31.0 Å². The highest BCUT2D eigenvalue weighted by Gasteiger charge is 2.17. The Bertz CT molecular complexity index is 232. The molecule has 3 N–H and O–H groups in total. The lowest BCUT2D eigenvalue weighted by atomic mass is 10.1. The third kappa shape index (κ3) is 1.28. The van der Waals surface area contributed by atoms with Gasteiger partial charge in [-0.15, -0.1) is 10.6 Å². The zero-order valence-corrected chi connectivity index (χ0v) is 7.09. The number of amidine groups is 1. The Labute approximate surface area is 71.4 Å². The van der Waals surface area contributed by atoms with Gasteiger partial charge in [0.05, 0.1) is 0 Å². The molecule has 0 unspecified atom stereocenters. The number of hydrazone groups is 1. The lowest BCUT2D eigenvalue weighted by Gasteiger charge is -2.18. The summed E-state index contributed by atoms with van der Waals surface area (Å²) in [5.74, 6) is 0.974. The quantitative estimate of drug-likeness (QED) is 0.477. The lowest BCUT2D eigenvalue weighted by Crippen LogP contribution is -2.40. The maximum atomic E-state index is 4.11. The molecule has 12 heavy (non-hydrogen) atoms. The number of hydrazine groups is 2. The van der Waals surface area contributed by atoms with Crippen molar-refractivity contribution in [1.82, 2.24) is 21.4 Å². The van der Waals surface area contributed by atoms with Crippen LogP contribution in [0.25, 0.3) is 0 Å². The smallest absolute Gasteiger partial charge is 0.169 e. The van der Waals surface area contributed by atoms with Gasteiger partial charge in [-0.1, -0.05) is 6.08 Å². The molecule has 0 saturated heterocycles. The van der Waals surface area contributed by atoms with Gasteiger partial charge in [-0.05, 0) is 13.0 Å². The van der Waals surface area contributed by atoms with Crippen LogP contribution in [0.2, 0.25) is 0 Å². The number of nitrogens with zero attached hydrogens (tertiary/aromatic N) is 2. The van der Waals surface area contributed by atoms with Crippen molar-refractivity contribution in [2.24, 2.45) is 5.10 Å². The van der Waals surface area contributed by atoms with Gasteiger partial charge in [0, 0.05) is 19.2 Å². The molecule has 0 spiro atoms. The third-order valence-electron chi connectivity index (χ3n) is 2.01. The van der Waals surface area contributed by atoms with E-state index in [0.717, 1.165) is 25.3 Å². The highest BCUT2D eigenvalue weighted by Crippen LogP contribution is 2.06. The second-order valence-electron chi connectivity index (χ2n) is 2.91. The monoisotopic (exact) mass is 167 g/mol. The fraction of sp³-hybridized carbons (Fsp3) is 0.571. The van der Waals surface area contributed by atoms with Crippen LogP contribution in [0.15, 0.2) is 16.8 Å². The number of hydrogen-bond donors (Lipinski definition) is 3. The summed E-state index contributed by atoms with van der Waals surface area (Å²) >= 11 is 0. The zero-order valence-electron chi connectivity index (χ0n) is 7.09. The van der Waals surface area contributed by atoms with E-state index in [9.17, 15) is 0 Å². The van der Waals surface area contributed by atoms with E-state index in [0.29, 0.717) is 0 Å². The first-order valence-electron chi connectivity index (χ1n) is 4.10. The van der Waals surface area contributed by atoms with E-state index in [4.69, 9.17) is 0 Å². The van der Waals surface area contributed by atoms with Crippen LogP contribution in [0.5, 0.6) is 0 Å². The summed E-state index contributed by atoms with van der Waals surface area (Å²) in [7, 11) is 1.94. The predicted octanol–water partition coefficient (Wildman–Crippen LogP) is -0.826. The summed E-state index contributed by atoms with van der Waals surface area (Å²) in [4.78, 5) is 0. The fourth-order valence-corrected chi connectivity index (χ4v) is 1.38. The van der Waals surface area contributed by atoms with E-state index < -0.39 is 0 Å². The molecular formula is C7H13N5. The van der Waals surface area contributed by atoms with Crippen molar-refractivity contribution in [3.8, 4) is 0 Å². The molecule has 5 heteroatoms. The SMILES string of the molecule is CN1NNN=C1C1=CCCNC1. The molecule has 0 atom stereocenters. The first-order valence-corrected chi connectivity index (χ1v) is 4.10. The van der Waals surface area contributed by atoms with Crippen molar-refractivity contribution in [3.63, 3.8) is 0 Å². The second kappa shape index (κ2) is 3.12. The highest BCUT2D eigenvalue weighted by molar-refractivity contribution is 5.98. The molecule has 0 saturated carbocycles. The van der Waals surface area contributed by atoms with E-state index in [2.05, 4.69) is 27.6 Å². The molecular weight excluding hydrogens is 154 g/mol. The van der Waals surface area contributed by atoms with Gasteiger partial charge >= 0.3 is 0 Å². The van der Waals surface area contributed by atoms with Crippen LogP contribution in [0, 0.1) is 0 Å². The summed E-state index contributed by atoms with van der Waals surface area (Å²) in [5, 5.41) is 9.29. The Hall–Kier alpha value is -1.07. The molecule has 0 aromatic rings. The van der Waals surface area contributed by atoms with Crippen LogP contribution in [-0.2, 0) is 0 Å². The Kier molecular flexibility index (Phi) is 1.97. The lowest BCUT2D eigenvalue weighted by molar-refractivity contribution is 0.348. The van der Waals surface area contributed by atoms with E-state index in [-0.39, 0.29) is 0 Å². The van der Waals surface area contributed by atoms with Crippen LogP contribution in [0.3, 0.4) is 0 Å². The molecule has 0 amide bonds. The molecule has 0 aromatic carbocycles. The van der Waals surface area contributed by atoms with Gasteiger partial charge in [0.2, 0.25) is 0 Å². The number of likely N-dealkylation sites (N-methyl/N-ethyl adjacent to an activating group) is 1. The van der Waals surface area contributed by atoms with Gasteiger partial charge in [0.1, 0.15) is 0 Å². The Balaban J connectivity index is 2.12. The zero-order chi connectivity index (χ0) is 8.39. The Morgan fingerprint density at radius 2 is 2.50 bits per heavy atom. The molecule has 0 bridgehead atoms. The van der Waals surface area contributed by atoms with E-state index in [1.165, 1.54) is 5.57 Å². The van der Waals surface area contributed by atoms with E-state index >= 15 is 0 Å². The third-order valence-corrected chi connectivity index (χ3v) is 2.01. The molecule has 5 nitrogen and oxygen atoms in total. The largest absolute Gasteiger partial charge is 0.312 e. The highest BCUT2D eigenvalue weighted by atomic mass is 15.8. The normalized spacial score (nSPS) is 23.2. The summed E-state index contributed by atoms with van der Waals surface area (Å²) < 4.78 is 0. The molecule has 2 rings (SSSR count). The van der Waals surface area contributed by atoms with E-state index in [1.54, 1.807) is 0 Å². The number of rotatable bonds is 1. The molecule has 2 heterocycles. The summed E-state index contributed by atoms with van der Waals surface area (Å²) in [6, 6.07) is 0. The Morgan fingerprint density at radius 3 is 3.08 bits per heavy atom. The Morgan fingerprint density at radius 1 is 1.58 bits per heavy atom. The van der Waals surface area contributed by atoms with Crippen molar-refractivity contribution >= 4 is 5.84 Å². The van der Waals surface area contributed by atoms with Crippen LogP contribution < -0.4 is 16.4 Å². The van der Waals surface area contributed by atoms with Crippen LogP contribution >= 0.6 is 0 Å². The van der Waals surface area contributed by atoms with Gasteiger partial charge in [-0.2, -0.15) is 0 Å². The molecule has 2 aliphatic rings. The number of hydrogen-bond acceptors (Lipinski definition) is 5. The maximum absolute atomic E-state index is 4.11. The topological polar surface area (TPSA) is 51.7 Å². The first-order chi connectivity index (χ1) is 5.88. The van der Waals surface area contributed by atoms with Crippen molar-refractivity contribution in [2.75, 3.05) is 20.1 Å². The molecule has 66 valence electrons. The average molecular weight is 167 g/mol. The van der Waals surface area contributed by atoms with E-state index in [1.807, 2.05) is 12.1 Å². The second-order valence-corrected chi connectivity index (χ2v) is 2.91. The number of nitrogens with one attached hydrogen (secondary N) is 3. The summed E-state index contributed by atoms with van der Waals surface area (Å²) in [6.07, 6.45) is 3.31. The minimum Gasteiger partial charge on any atom is -0.312 e. The molecule has 0 fully saturated rings. The van der Waals surface area contributed by atoms with Gasteiger partial charge in [-0.3, -0.25) is 5.01 Å². The van der Waals surface area contributed by atoms with Crippen molar-refractivity contribution < 1.29 is 0 Å².